The van der Waals surface area contributed by atoms with E-state index in [0.717, 1.165) is 0 Å². The van der Waals surface area contributed by atoms with Crippen LogP contribution in [0, 0.1) is 0 Å². The second-order valence-corrected chi connectivity index (χ2v) is 5.63. The van der Waals surface area contributed by atoms with Gasteiger partial charge in [0.2, 0.25) is 0 Å². The largest absolute Gasteiger partial charge is 0.353 e. The summed E-state index contributed by atoms with van der Waals surface area (Å²) in [5.41, 5.74) is 0. The topological polar surface area (TPSA) is 46.2 Å². The maximum atomic E-state index is 5.80. The van der Waals surface area contributed by atoms with Gasteiger partial charge in [-0.1, -0.05) is 13.8 Å². The van der Waals surface area contributed by atoms with Gasteiger partial charge in [-0.25, -0.2) is 0 Å². The molecule has 2 rings (SSSR count). The summed E-state index contributed by atoms with van der Waals surface area (Å²) < 4.78 is 27.7. The third-order valence-corrected chi connectivity index (χ3v) is 3.60. The van der Waals surface area contributed by atoms with E-state index < -0.39 is 5.79 Å². The minimum absolute atomic E-state index is 0.122. The maximum Gasteiger partial charge on any atom is 0.186 e. The molecule has 0 amide bonds. The third kappa shape index (κ3) is 3.94. The number of halogens is 1. The average Bonchev–Trinajstić information content (AvgIpc) is 2.82. The molecule has 2 aliphatic heterocycles. The number of rotatable bonds is 4. The van der Waals surface area contributed by atoms with Crippen molar-refractivity contribution in [2.45, 2.75) is 58.1 Å². The summed E-state index contributed by atoms with van der Waals surface area (Å²) in [6.45, 7) is 8.25. The van der Waals surface area contributed by atoms with Crippen LogP contribution >= 0.6 is 30.4 Å². The molecule has 2 aliphatic rings. The first-order valence-electron chi connectivity index (χ1n) is 6.01. The average molecular weight is 392 g/mol. The van der Waals surface area contributed by atoms with Crippen LogP contribution in [0.5, 0.6) is 0 Å². The maximum absolute atomic E-state index is 5.80. The molecule has 18 heavy (non-hydrogen) atoms. The summed E-state index contributed by atoms with van der Waals surface area (Å²) in [4.78, 5) is 0. The Hall–Kier alpha value is 0.880. The standard InChI is InChI=1S/C9H15IO5S.C2H6/c1-9(2)14-6-5(4-12-16-10)13-8(11-3)7(6)15-9;1-2/h5-8H,4H2,1-3H3;1-2H3. The van der Waals surface area contributed by atoms with Gasteiger partial charge in [0, 0.05) is 28.3 Å². The lowest BCUT2D eigenvalue weighted by atomic mass is 10.1. The number of fused-ring (bicyclic) bond motifs is 1. The van der Waals surface area contributed by atoms with Crippen molar-refractivity contribution >= 4 is 30.4 Å². The molecule has 4 atom stereocenters. The molecule has 0 saturated carbocycles. The lowest BCUT2D eigenvalue weighted by Crippen LogP contribution is -2.32. The summed E-state index contributed by atoms with van der Waals surface area (Å²) in [6.07, 6.45) is -0.810. The van der Waals surface area contributed by atoms with Crippen molar-refractivity contribution in [3.8, 4) is 0 Å². The van der Waals surface area contributed by atoms with E-state index in [1.807, 2.05) is 27.7 Å². The van der Waals surface area contributed by atoms with E-state index in [-0.39, 0.29) is 24.6 Å². The molecule has 0 spiro atoms. The molecular weight excluding hydrogens is 371 g/mol. The highest BCUT2D eigenvalue weighted by atomic mass is 127. The monoisotopic (exact) mass is 392 g/mol. The molecule has 0 aromatic heterocycles. The van der Waals surface area contributed by atoms with Gasteiger partial charge in [0.05, 0.1) is 15.8 Å². The van der Waals surface area contributed by atoms with Gasteiger partial charge in [-0.15, -0.1) is 0 Å². The minimum Gasteiger partial charge on any atom is -0.353 e. The second kappa shape index (κ2) is 7.61. The smallest absolute Gasteiger partial charge is 0.186 e. The minimum atomic E-state index is -0.578. The fraction of sp³-hybridized carbons (Fsp3) is 1.00. The van der Waals surface area contributed by atoms with Crippen molar-refractivity contribution < 1.29 is 23.1 Å². The van der Waals surface area contributed by atoms with E-state index in [1.165, 1.54) is 9.21 Å². The summed E-state index contributed by atoms with van der Waals surface area (Å²) in [5.74, 6) is -0.578. The molecule has 7 heteroatoms. The van der Waals surface area contributed by atoms with Gasteiger partial charge in [-0.3, -0.25) is 0 Å². The van der Waals surface area contributed by atoms with Crippen LogP contribution in [0.25, 0.3) is 0 Å². The van der Waals surface area contributed by atoms with E-state index in [2.05, 4.69) is 21.2 Å². The van der Waals surface area contributed by atoms with Gasteiger partial charge in [0.15, 0.2) is 12.1 Å². The zero-order chi connectivity index (χ0) is 13.8. The number of methoxy groups -OCH3 is 1. The van der Waals surface area contributed by atoms with Crippen LogP contribution in [-0.4, -0.2) is 44.1 Å². The van der Waals surface area contributed by atoms with Gasteiger partial charge in [0.25, 0.3) is 0 Å². The summed E-state index contributed by atoms with van der Waals surface area (Å²) in [6, 6.07) is 0. The molecule has 5 nitrogen and oxygen atoms in total. The molecule has 0 N–H and O–H groups in total. The summed E-state index contributed by atoms with van der Waals surface area (Å²) >= 11 is 2.07. The van der Waals surface area contributed by atoms with Crippen molar-refractivity contribution in [2.75, 3.05) is 13.7 Å². The van der Waals surface area contributed by atoms with Crippen molar-refractivity contribution in [2.24, 2.45) is 0 Å². The van der Waals surface area contributed by atoms with Crippen LogP contribution in [0.3, 0.4) is 0 Å². The van der Waals surface area contributed by atoms with Crippen molar-refractivity contribution in [3.05, 3.63) is 0 Å². The summed E-state index contributed by atoms with van der Waals surface area (Å²) in [5, 5.41) is 0. The highest BCUT2D eigenvalue weighted by Gasteiger charge is 2.55. The van der Waals surface area contributed by atoms with Crippen LogP contribution in [-0.2, 0) is 23.1 Å². The highest BCUT2D eigenvalue weighted by Crippen LogP contribution is 2.39. The van der Waals surface area contributed by atoms with Crippen molar-refractivity contribution in [1.82, 2.24) is 0 Å². The molecule has 0 bridgehead atoms. The van der Waals surface area contributed by atoms with Gasteiger partial charge in [-0.05, 0) is 13.8 Å². The molecule has 2 heterocycles. The van der Waals surface area contributed by atoms with Crippen LogP contribution in [0.15, 0.2) is 0 Å². The van der Waals surface area contributed by atoms with E-state index in [4.69, 9.17) is 23.1 Å². The lowest BCUT2D eigenvalue weighted by Gasteiger charge is -2.23. The Bertz CT molecular complexity index is 254. The van der Waals surface area contributed by atoms with Crippen LogP contribution in [0.2, 0.25) is 0 Å². The van der Waals surface area contributed by atoms with Crippen molar-refractivity contribution in [3.63, 3.8) is 0 Å². The van der Waals surface area contributed by atoms with Gasteiger partial charge in [-0.2, -0.15) is 0 Å². The van der Waals surface area contributed by atoms with Gasteiger partial charge >= 0.3 is 0 Å². The van der Waals surface area contributed by atoms with Gasteiger partial charge < -0.3 is 23.1 Å². The molecule has 0 aliphatic carbocycles. The van der Waals surface area contributed by atoms with E-state index in [1.54, 1.807) is 7.11 Å². The fourth-order valence-electron chi connectivity index (χ4n) is 2.06. The number of hydrogen-bond acceptors (Lipinski definition) is 6. The molecule has 108 valence electrons. The molecule has 0 radical (unpaired) electrons. The Balaban J connectivity index is 0.000000771. The van der Waals surface area contributed by atoms with Gasteiger partial charge in [0.1, 0.15) is 18.3 Å². The zero-order valence-electron chi connectivity index (χ0n) is 11.3. The Morgan fingerprint density at radius 1 is 1.22 bits per heavy atom. The molecule has 2 fully saturated rings. The molecular formula is C11H21IO5S. The Labute approximate surface area is 125 Å². The first kappa shape index (κ1) is 16.9. The highest BCUT2D eigenvalue weighted by molar-refractivity contribution is 14.2. The fourth-order valence-corrected chi connectivity index (χ4v) is 2.68. The predicted molar refractivity (Wildman–Crippen MR) is 78.4 cm³/mol. The summed E-state index contributed by atoms with van der Waals surface area (Å²) in [7, 11) is 2.89. The molecule has 0 aromatic carbocycles. The molecule has 4 unspecified atom stereocenters. The Kier molecular flexibility index (Phi) is 7.16. The van der Waals surface area contributed by atoms with E-state index >= 15 is 0 Å². The quantitative estimate of drug-likeness (QED) is 0.542. The van der Waals surface area contributed by atoms with Crippen LogP contribution in [0.4, 0.5) is 0 Å². The molecule has 2 saturated heterocycles. The second-order valence-electron chi connectivity index (χ2n) is 4.19. The Morgan fingerprint density at radius 3 is 2.39 bits per heavy atom. The van der Waals surface area contributed by atoms with Crippen LogP contribution in [0.1, 0.15) is 27.7 Å². The zero-order valence-corrected chi connectivity index (χ0v) is 14.3. The van der Waals surface area contributed by atoms with Crippen LogP contribution < -0.4 is 0 Å². The van der Waals surface area contributed by atoms with E-state index in [9.17, 15) is 0 Å². The molecule has 0 aromatic rings. The Morgan fingerprint density at radius 2 is 1.83 bits per heavy atom. The van der Waals surface area contributed by atoms with Crippen molar-refractivity contribution in [1.29, 1.82) is 0 Å². The third-order valence-electron chi connectivity index (χ3n) is 2.62. The lowest BCUT2D eigenvalue weighted by molar-refractivity contribution is -0.229. The SMILES string of the molecule is CC.COC1OC(COSI)C2OC(C)(C)OC12. The first-order chi connectivity index (χ1) is 8.57. The first-order valence-corrected chi connectivity index (χ1v) is 9.30. The number of hydrogen-bond donors (Lipinski definition) is 0. The predicted octanol–water partition coefficient (Wildman–Crippen LogP) is 2.92. The normalized spacial score (nSPS) is 37.0. The van der Waals surface area contributed by atoms with E-state index in [0.29, 0.717) is 6.61 Å². The number of ether oxygens (including phenoxy) is 4.